The van der Waals surface area contributed by atoms with E-state index >= 15 is 0 Å². The van der Waals surface area contributed by atoms with Crippen LogP contribution in [0.25, 0.3) is 11.2 Å². The third-order valence-electron chi connectivity index (χ3n) is 6.80. The zero-order chi connectivity index (χ0) is 30.2. The second kappa shape index (κ2) is 12.0. The number of nitrogens with zero attached hydrogens (tertiary/aromatic N) is 4. The van der Waals surface area contributed by atoms with Crippen LogP contribution in [0.2, 0.25) is 0 Å². The molecule has 0 spiro atoms. The van der Waals surface area contributed by atoms with Crippen LogP contribution in [-0.4, -0.2) is 78.3 Å². The van der Waals surface area contributed by atoms with Gasteiger partial charge in [0.1, 0.15) is 29.6 Å². The van der Waals surface area contributed by atoms with Crippen LogP contribution >= 0.6 is 6.64 Å². The van der Waals surface area contributed by atoms with Gasteiger partial charge in [-0.3, -0.25) is 9.36 Å². The SMILES string of the molecule is CC(C)OC(=O)[C@H](C)NP(=S)(OC[C@H]1O[C@@H](n2cnc3c(NC4CC4)nc(N)nc32)[C@](C)(O)[C@@H]1O)Oc1ccccc1. The number of aliphatic hydroxyl groups is 2. The summed E-state index contributed by atoms with van der Waals surface area (Å²) < 4.78 is 25.0. The summed E-state index contributed by atoms with van der Waals surface area (Å²) in [6.07, 6.45) is -0.355. The van der Waals surface area contributed by atoms with Crippen LogP contribution in [0, 0.1) is 0 Å². The maximum absolute atomic E-state index is 12.5. The Balaban J connectivity index is 1.36. The number of nitrogens with one attached hydrogen (secondary N) is 2. The number of esters is 1. The molecule has 0 amide bonds. The van der Waals surface area contributed by atoms with Crippen molar-refractivity contribution >= 4 is 47.3 Å². The van der Waals surface area contributed by atoms with Crippen LogP contribution in [0.1, 0.15) is 46.8 Å². The molecular weight excluding hydrogens is 585 g/mol. The average Bonchev–Trinajstić information content (AvgIpc) is 3.59. The van der Waals surface area contributed by atoms with E-state index in [-0.39, 0.29) is 18.7 Å². The minimum atomic E-state index is -3.41. The zero-order valence-corrected chi connectivity index (χ0v) is 25.4. The van der Waals surface area contributed by atoms with Crippen molar-refractivity contribution in [3.63, 3.8) is 0 Å². The van der Waals surface area contributed by atoms with Crippen molar-refractivity contribution < 1.29 is 33.5 Å². The van der Waals surface area contributed by atoms with Gasteiger partial charge in [0.2, 0.25) is 5.95 Å². The summed E-state index contributed by atoms with van der Waals surface area (Å²) >= 11 is 5.76. The molecule has 1 aliphatic heterocycles. The van der Waals surface area contributed by atoms with Crippen molar-refractivity contribution in [2.75, 3.05) is 17.7 Å². The number of ether oxygens (including phenoxy) is 2. The molecule has 3 aromatic rings. The smallest absolute Gasteiger partial charge is 0.323 e. The van der Waals surface area contributed by atoms with Crippen molar-refractivity contribution in [1.82, 2.24) is 24.6 Å². The van der Waals surface area contributed by atoms with E-state index in [2.05, 4.69) is 25.4 Å². The number of benzene rings is 1. The Labute approximate surface area is 248 Å². The van der Waals surface area contributed by atoms with Gasteiger partial charge in [0.25, 0.3) is 0 Å². The highest BCUT2D eigenvalue weighted by Crippen LogP contribution is 2.47. The predicted octanol–water partition coefficient (Wildman–Crippen LogP) is 2.24. The maximum Gasteiger partial charge on any atom is 0.323 e. The molecule has 6 atom stereocenters. The molecule has 1 unspecified atom stereocenters. The van der Waals surface area contributed by atoms with E-state index in [1.165, 1.54) is 17.8 Å². The Hall–Kier alpha value is -2.91. The van der Waals surface area contributed by atoms with Crippen molar-refractivity contribution in [1.29, 1.82) is 0 Å². The summed E-state index contributed by atoms with van der Waals surface area (Å²) in [5.74, 6) is 0.420. The monoisotopic (exact) mass is 621 g/mol. The van der Waals surface area contributed by atoms with Gasteiger partial charge in [-0.1, -0.05) is 18.2 Å². The van der Waals surface area contributed by atoms with E-state index in [1.807, 2.05) is 6.07 Å². The van der Waals surface area contributed by atoms with Crippen molar-refractivity contribution in [3.8, 4) is 5.75 Å². The van der Waals surface area contributed by atoms with Gasteiger partial charge in [0.05, 0.1) is 19.0 Å². The van der Waals surface area contributed by atoms with E-state index in [4.69, 9.17) is 36.1 Å². The van der Waals surface area contributed by atoms with Gasteiger partial charge in [-0.05, 0) is 64.5 Å². The molecule has 5 rings (SSSR count). The lowest BCUT2D eigenvalue weighted by Gasteiger charge is -2.28. The van der Waals surface area contributed by atoms with E-state index in [1.54, 1.807) is 45.0 Å². The molecule has 1 aromatic carbocycles. The molecule has 14 nitrogen and oxygen atoms in total. The van der Waals surface area contributed by atoms with Crippen molar-refractivity contribution in [2.24, 2.45) is 0 Å². The lowest BCUT2D eigenvalue weighted by molar-refractivity contribution is -0.149. The molecule has 0 radical (unpaired) electrons. The summed E-state index contributed by atoms with van der Waals surface area (Å²) in [7, 11) is 0. The number of hydrogen-bond donors (Lipinski definition) is 5. The first-order valence-electron chi connectivity index (χ1n) is 13.7. The summed E-state index contributed by atoms with van der Waals surface area (Å²) in [6.45, 7) is 2.85. The molecule has 1 saturated heterocycles. The molecule has 2 fully saturated rings. The van der Waals surface area contributed by atoms with Crippen LogP contribution in [0.5, 0.6) is 5.75 Å². The van der Waals surface area contributed by atoms with Crippen LogP contribution in [0.3, 0.4) is 0 Å². The van der Waals surface area contributed by atoms with Gasteiger partial charge < -0.3 is 39.8 Å². The lowest BCUT2D eigenvalue weighted by Crippen LogP contribution is -2.44. The van der Waals surface area contributed by atoms with Crippen LogP contribution in [-0.2, 0) is 30.6 Å². The second-order valence-corrected chi connectivity index (χ2v) is 14.0. The van der Waals surface area contributed by atoms with Gasteiger partial charge in [0.15, 0.2) is 23.2 Å². The summed E-state index contributed by atoms with van der Waals surface area (Å²) in [5, 5.41) is 28.8. The number of nitrogen functional groups attached to an aromatic ring is 1. The van der Waals surface area contributed by atoms with Gasteiger partial charge in [-0.25, -0.2) is 10.1 Å². The molecule has 2 aliphatic rings. The largest absolute Gasteiger partial charge is 0.462 e. The number of aliphatic hydroxyl groups excluding tert-OH is 1. The molecule has 2 aromatic heterocycles. The molecule has 228 valence electrons. The van der Waals surface area contributed by atoms with Gasteiger partial charge >= 0.3 is 12.6 Å². The average molecular weight is 622 g/mol. The number of aromatic nitrogens is 4. The first-order chi connectivity index (χ1) is 19.9. The molecule has 1 saturated carbocycles. The fourth-order valence-electron chi connectivity index (χ4n) is 4.51. The maximum atomic E-state index is 12.5. The lowest BCUT2D eigenvalue weighted by atomic mass is 9.96. The van der Waals surface area contributed by atoms with E-state index in [0.717, 1.165) is 12.8 Å². The second-order valence-electron chi connectivity index (χ2n) is 10.9. The number of nitrogens with two attached hydrogens (primary N) is 1. The molecule has 42 heavy (non-hydrogen) atoms. The number of carbonyl (C=O) groups excluding carboxylic acids is 1. The number of fused-ring (bicyclic) bond motifs is 1. The molecule has 1 aliphatic carbocycles. The van der Waals surface area contributed by atoms with E-state index in [0.29, 0.717) is 28.8 Å². The zero-order valence-electron chi connectivity index (χ0n) is 23.7. The number of imidazole rings is 1. The fraction of sp³-hybridized carbons (Fsp3) is 0.538. The van der Waals surface area contributed by atoms with Crippen LogP contribution in [0.4, 0.5) is 11.8 Å². The first-order valence-corrected chi connectivity index (χ1v) is 16.3. The number of anilines is 2. The van der Waals surface area contributed by atoms with Crippen LogP contribution < -0.4 is 20.7 Å². The highest BCUT2D eigenvalue weighted by atomic mass is 32.5. The van der Waals surface area contributed by atoms with Crippen molar-refractivity contribution in [2.45, 2.75) is 82.8 Å². The molecule has 0 bridgehead atoms. The summed E-state index contributed by atoms with van der Waals surface area (Å²) in [4.78, 5) is 25.6. The standard InChI is InChI=1S/C26H36N7O7PS/c1-14(2)38-23(35)15(3)32-41(42,40-17-8-6-5-7-9-17)37-12-18-20(34)26(4,36)24(39-18)33-13-28-19-21(29-16-10-11-16)30-25(27)31-22(19)33/h5-9,13-16,18,20,24,34,36H,10-12H2,1-4H3,(H,32,42)(H3,27,29,30,31)/t15-,18+,20+,24+,26+,41?/m0/s1. The number of rotatable bonds is 12. The molecule has 6 N–H and O–H groups in total. The van der Waals surface area contributed by atoms with E-state index < -0.39 is 42.7 Å². The normalized spacial score (nSPS) is 26.2. The van der Waals surface area contributed by atoms with Crippen LogP contribution in [0.15, 0.2) is 36.7 Å². The topological polar surface area (TPSA) is 188 Å². The number of hydrogen-bond acceptors (Lipinski definition) is 13. The highest BCUT2D eigenvalue weighted by molar-refractivity contribution is 8.09. The Morgan fingerprint density at radius 3 is 2.67 bits per heavy atom. The minimum Gasteiger partial charge on any atom is -0.462 e. The number of carbonyl (C=O) groups is 1. The molecular formula is C26H36N7O7PS. The first kappa shape index (κ1) is 30.5. The van der Waals surface area contributed by atoms with Gasteiger partial charge in [-0.15, -0.1) is 0 Å². The molecule has 16 heteroatoms. The van der Waals surface area contributed by atoms with Gasteiger partial charge in [0, 0.05) is 6.04 Å². The third-order valence-corrected chi connectivity index (χ3v) is 9.30. The Kier molecular flexibility index (Phi) is 8.72. The number of para-hydroxylation sites is 1. The predicted molar refractivity (Wildman–Crippen MR) is 158 cm³/mol. The van der Waals surface area contributed by atoms with Gasteiger partial charge in [-0.2, -0.15) is 9.97 Å². The Bertz CT molecular complexity index is 1470. The quantitative estimate of drug-likeness (QED) is 0.146. The Morgan fingerprint density at radius 1 is 1.29 bits per heavy atom. The fourth-order valence-corrected chi connectivity index (χ4v) is 6.93. The molecule has 3 heterocycles. The van der Waals surface area contributed by atoms with E-state index in [9.17, 15) is 15.0 Å². The highest BCUT2D eigenvalue weighted by Gasteiger charge is 2.54. The summed E-state index contributed by atoms with van der Waals surface area (Å²) in [5.41, 5.74) is 4.99. The third kappa shape index (κ3) is 6.67. The minimum absolute atomic E-state index is 0.0282. The van der Waals surface area contributed by atoms with Crippen molar-refractivity contribution in [3.05, 3.63) is 36.7 Å². The Morgan fingerprint density at radius 2 is 2.00 bits per heavy atom. The summed E-state index contributed by atoms with van der Waals surface area (Å²) in [6, 6.07) is 8.22.